The lowest BCUT2D eigenvalue weighted by atomic mass is 9.98. The van der Waals surface area contributed by atoms with Crippen LogP contribution in [0.3, 0.4) is 0 Å². The molecule has 0 bridgehead atoms. The van der Waals surface area contributed by atoms with Crippen molar-refractivity contribution in [3.63, 3.8) is 0 Å². The fraction of sp³-hybridized carbons (Fsp3) is 0.160. The van der Waals surface area contributed by atoms with Crippen molar-refractivity contribution in [1.82, 2.24) is 9.97 Å². The molecule has 4 rings (SSSR count). The number of nitrogens with zero attached hydrogens (tertiary/aromatic N) is 2. The van der Waals surface area contributed by atoms with Gasteiger partial charge in [0, 0.05) is 29.2 Å². The van der Waals surface area contributed by atoms with Gasteiger partial charge < -0.3 is 10.6 Å². The minimum atomic E-state index is -4.64. The van der Waals surface area contributed by atoms with Gasteiger partial charge in [0.05, 0.1) is 21.8 Å². The smallest absolute Gasteiger partial charge is 0.357 e. The largest absolute Gasteiger partial charge is 0.418 e. The lowest BCUT2D eigenvalue weighted by molar-refractivity contribution is -0.137. The minimum absolute atomic E-state index is 0.0359. The Morgan fingerprint density at radius 1 is 1.00 bits per heavy atom. The van der Waals surface area contributed by atoms with E-state index in [9.17, 15) is 18.0 Å². The molecule has 0 radical (unpaired) electrons. The standard InChI is InChI=1S/C25H20ClF3N4O/c1-13-8-9-15(23(34)31-19-11-10-18(26)21(14(19)2)25(27,28)29)12-17(13)22-16-6-4-5-7-20(16)32-24(30-3)33-22/h4-12H,1-3H3,(H,31,34)(H,30,32,33). The van der Waals surface area contributed by atoms with Crippen LogP contribution in [0.2, 0.25) is 5.02 Å². The Bertz CT molecular complexity index is 1420. The van der Waals surface area contributed by atoms with E-state index in [4.69, 9.17) is 11.6 Å². The second kappa shape index (κ2) is 8.95. The Balaban J connectivity index is 1.76. The highest BCUT2D eigenvalue weighted by molar-refractivity contribution is 6.31. The van der Waals surface area contributed by atoms with Gasteiger partial charge in [-0.25, -0.2) is 9.97 Å². The Morgan fingerprint density at radius 3 is 2.44 bits per heavy atom. The molecular formula is C25H20ClF3N4O. The lowest BCUT2D eigenvalue weighted by Gasteiger charge is -2.17. The highest BCUT2D eigenvalue weighted by Crippen LogP contribution is 2.40. The number of fused-ring (bicyclic) bond motifs is 1. The molecule has 1 aromatic heterocycles. The number of aryl methyl sites for hydroxylation is 1. The van der Waals surface area contributed by atoms with E-state index in [2.05, 4.69) is 20.6 Å². The van der Waals surface area contributed by atoms with Crippen LogP contribution in [0.5, 0.6) is 0 Å². The molecule has 0 aliphatic heterocycles. The first kappa shape index (κ1) is 23.5. The van der Waals surface area contributed by atoms with Crippen molar-refractivity contribution in [3.05, 3.63) is 81.9 Å². The van der Waals surface area contributed by atoms with Crippen LogP contribution in [0, 0.1) is 13.8 Å². The Labute approximate surface area is 199 Å². The Morgan fingerprint density at radius 2 is 1.74 bits per heavy atom. The van der Waals surface area contributed by atoms with Crippen molar-refractivity contribution in [2.45, 2.75) is 20.0 Å². The van der Waals surface area contributed by atoms with Crippen molar-refractivity contribution in [3.8, 4) is 11.3 Å². The summed E-state index contributed by atoms with van der Waals surface area (Å²) in [5.74, 6) is -0.119. The minimum Gasteiger partial charge on any atom is -0.357 e. The number of rotatable bonds is 4. The average molecular weight is 485 g/mol. The molecule has 0 aliphatic carbocycles. The topological polar surface area (TPSA) is 66.9 Å². The highest BCUT2D eigenvalue weighted by atomic mass is 35.5. The monoisotopic (exact) mass is 484 g/mol. The summed E-state index contributed by atoms with van der Waals surface area (Å²) in [5.41, 5.74) is 2.17. The second-order valence-electron chi connectivity index (χ2n) is 7.74. The molecule has 0 atom stereocenters. The zero-order valence-corrected chi connectivity index (χ0v) is 19.3. The third-order valence-electron chi connectivity index (χ3n) is 5.53. The van der Waals surface area contributed by atoms with Crippen molar-refractivity contribution in [2.75, 3.05) is 17.7 Å². The van der Waals surface area contributed by atoms with Crippen LogP contribution in [0.15, 0.2) is 54.6 Å². The number of carbonyl (C=O) groups is 1. The normalized spacial score (nSPS) is 11.5. The lowest BCUT2D eigenvalue weighted by Crippen LogP contribution is -2.16. The maximum atomic E-state index is 13.4. The molecule has 4 aromatic rings. The highest BCUT2D eigenvalue weighted by Gasteiger charge is 2.36. The van der Waals surface area contributed by atoms with Gasteiger partial charge in [0.25, 0.3) is 5.91 Å². The molecule has 1 amide bonds. The number of aromatic nitrogens is 2. The van der Waals surface area contributed by atoms with Crippen LogP contribution in [0.1, 0.15) is 27.0 Å². The number of halogens is 4. The molecule has 3 aromatic carbocycles. The molecule has 0 unspecified atom stereocenters. The molecule has 0 saturated carbocycles. The first-order valence-electron chi connectivity index (χ1n) is 10.3. The number of alkyl halides is 3. The van der Waals surface area contributed by atoms with Gasteiger partial charge in [-0.2, -0.15) is 13.2 Å². The maximum absolute atomic E-state index is 13.4. The van der Waals surface area contributed by atoms with Crippen LogP contribution in [0.25, 0.3) is 22.2 Å². The van der Waals surface area contributed by atoms with Crippen LogP contribution in [0.4, 0.5) is 24.8 Å². The zero-order valence-electron chi connectivity index (χ0n) is 18.5. The number of benzene rings is 3. The van der Waals surface area contributed by atoms with Crippen molar-refractivity contribution < 1.29 is 18.0 Å². The number of nitrogens with one attached hydrogen (secondary N) is 2. The van der Waals surface area contributed by atoms with E-state index < -0.39 is 22.7 Å². The van der Waals surface area contributed by atoms with E-state index in [1.165, 1.54) is 13.0 Å². The molecule has 5 nitrogen and oxygen atoms in total. The van der Waals surface area contributed by atoms with E-state index in [0.29, 0.717) is 17.2 Å². The predicted octanol–water partition coefficient (Wildman–Crippen LogP) is 6.88. The molecule has 34 heavy (non-hydrogen) atoms. The molecular weight excluding hydrogens is 465 g/mol. The van der Waals surface area contributed by atoms with E-state index in [1.807, 2.05) is 31.2 Å². The van der Waals surface area contributed by atoms with Gasteiger partial charge in [-0.15, -0.1) is 0 Å². The predicted molar refractivity (Wildman–Crippen MR) is 128 cm³/mol. The fourth-order valence-electron chi connectivity index (χ4n) is 3.77. The van der Waals surface area contributed by atoms with Crippen LogP contribution >= 0.6 is 11.6 Å². The second-order valence-corrected chi connectivity index (χ2v) is 8.15. The fourth-order valence-corrected chi connectivity index (χ4v) is 4.08. The van der Waals surface area contributed by atoms with Crippen molar-refractivity contribution in [1.29, 1.82) is 0 Å². The van der Waals surface area contributed by atoms with E-state index in [1.54, 1.807) is 25.2 Å². The summed E-state index contributed by atoms with van der Waals surface area (Å²) < 4.78 is 40.2. The third kappa shape index (κ3) is 4.41. The van der Waals surface area contributed by atoms with Crippen LogP contribution in [-0.2, 0) is 6.18 Å². The Kier molecular flexibility index (Phi) is 6.18. The number of hydrogen-bond donors (Lipinski definition) is 2. The summed E-state index contributed by atoms with van der Waals surface area (Å²) in [4.78, 5) is 22.1. The quantitative estimate of drug-likeness (QED) is 0.331. The van der Waals surface area contributed by atoms with E-state index in [0.717, 1.165) is 22.5 Å². The molecule has 0 aliphatic rings. The zero-order chi connectivity index (χ0) is 24.6. The van der Waals surface area contributed by atoms with Crippen molar-refractivity contribution in [2.24, 2.45) is 0 Å². The molecule has 174 valence electrons. The summed E-state index contributed by atoms with van der Waals surface area (Å²) in [7, 11) is 1.72. The average Bonchev–Trinajstić information content (AvgIpc) is 2.79. The maximum Gasteiger partial charge on any atom is 0.418 e. The molecule has 0 saturated heterocycles. The van der Waals surface area contributed by atoms with Gasteiger partial charge >= 0.3 is 6.18 Å². The third-order valence-corrected chi connectivity index (χ3v) is 5.84. The van der Waals surface area contributed by atoms with E-state index in [-0.39, 0.29) is 16.8 Å². The van der Waals surface area contributed by atoms with E-state index >= 15 is 0 Å². The van der Waals surface area contributed by atoms with Gasteiger partial charge in [-0.3, -0.25) is 4.79 Å². The molecule has 0 fully saturated rings. The molecule has 1 heterocycles. The summed E-state index contributed by atoms with van der Waals surface area (Å²) in [6.45, 7) is 3.17. The van der Waals surface area contributed by atoms with Crippen LogP contribution in [-0.4, -0.2) is 22.9 Å². The summed E-state index contributed by atoms with van der Waals surface area (Å²) in [6, 6.07) is 15.1. The summed E-state index contributed by atoms with van der Waals surface area (Å²) in [5, 5.41) is 5.92. The number of carbonyl (C=O) groups excluding carboxylic acids is 1. The number of hydrogen-bond acceptors (Lipinski definition) is 4. The Hall–Kier alpha value is -3.65. The van der Waals surface area contributed by atoms with Crippen molar-refractivity contribution >= 4 is 40.0 Å². The van der Waals surface area contributed by atoms with Gasteiger partial charge in [-0.05, 0) is 55.3 Å². The van der Waals surface area contributed by atoms with Gasteiger partial charge in [-0.1, -0.05) is 35.9 Å². The SMILES string of the molecule is CNc1nc(-c2cc(C(=O)Nc3ccc(Cl)c(C(F)(F)F)c3C)ccc2C)c2ccccc2n1. The van der Waals surface area contributed by atoms with Gasteiger partial charge in [0.2, 0.25) is 5.95 Å². The van der Waals surface area contributed by atoms with Gasteiger partial charge in [0.15, 0.2) is 0 Å². The number of amides is 1. The first-order valence-corrected chi connectivity index (χ1v) is 10.7. The van der Waals surface area contributed by atoms with Crippen LogP contribution < -0.4 is 10.6 Å². The first-order chi connectivity index (χ1) is 16.1. The molecule has 9 heteroatoms. The number of anilines is 2. The molecule has 0 spiro atoms. The summed E-state index contributed by atoms with van der Waals surface area (Å²) >= 11 is 5.77. The summed E-state index contributed by atoms with van der Waals surface area (Å²) in [6.07, 6.45) is -4.64. The number of para-hydroxylation sites is 1. The van der Waals surface area contributed by atoms with Gasteiger partial charge in [0.1, 0.15) is 0 Å². The molecule has 2 N–H and O–H groups in total.